The third-order valence-electron chi connectivity index (χ3n) is 5.37. The lowest BCUT2D eigenvalue weighted by atomic mass is 9.95. The topological polar surface area (TPSA) is 31.4 Å². The van der Waals surface area contributed by atoms with Gasteiger partial charge in [-0.25, -0.2) is 0 Å². The number of benzene rings is 1. The molecule has 0 amide bonds. The van der Waals surface area contributed by atoms with Crippen molar-refractivity contribution in [2.75, 3.05) is 44.7 Å². The summed E-state index contributed by atoms with van der Waals surface area (Å²) in [5.41, 5.74) is 2.84. The molecule has 1 aromatic carbocycles. The summed E-state index contributed by atoms with van der Waals surface area (Å²) in [7, 11) is 2.04. The van der Waals surface area contributed by atoms with Gasteiger partial charge in [0.05, 0.1) is 0 Å². The fourth-order valence-electron chi connectivity index (χ4n) is 4.22. The van der Waals surface area contributed by atoms with Crippen molar-refractivity contribution in [3.63, 3.8) is 0 Å². The molecule has 23 heavy (non-hydrogen) atoms. The molecule has 2 aliphatic rings. The monoisotopic (exact) mass is 310 g/mol. The lowest BCUT2D eigenvalue weighted by molar-refractivity contribution is 0.205. The van der Waals surface area contributed by atoms with Crippen molar-refractivity contribution in [2.45, 2.75) is 25.3 Å². The minimum atomic E-state index is 0.646. The molecule has 1 atom stereocenters. The molecule has 4 heteroatoms. The first-order valence-electron chi connectivity index (χ1n) is 8.86. The van der Waals surface area contributed by atoms with Gasteiger partial charge >= 0.3 is 0 Å². The van der Waals surface area contributed by atoms with Crippen LogP contribution in [0.5, 0.6) is 0 Å². The minimum Gasteiger partial charge on any atom is -0.366 e. The van der Waals surface area contributed by atoms with Gasteiger partial charge in [0.1, 0.15) is 0 Å². The molecule has 0 aliphatic carbocycles. The number of nitrogens with one attached hydrogen (secondary N) is 1. The van der Waals surface area contributed by atoms with Crippen molar-refractivity contribution < 1.29 is 0 Å². The van der Waals surface area contributed by atoms with Crippen molar-refractivity contribution in [3.8, 4) is 0 Å². The van der Waals surface area contributed by atoms with Gasteiger partial charge < -0.3 is 15.1 Å². The molecule has 4 rings (SSSR count). The number of nitrogens with zero attached hydrogens (tertiary/aromatic N) is 3. The fraction of sp³-hybridized carbons (Fsp3) is 0.526. The van der Waals surface area contributed by atoms with E-state index in [1.54, 1.807) is 0 Å². The zero-order valence-corrected chi connectivity index (χ0v) is 14.0. The number of pyridine rings is 1. The number of aromatic nitrogens is 1. The summed E-state index contributed by atoms with van der Waals surface area (Å²) in [6, 6.07) is 7.33. The van der Waals surface area contributed by atoms with E-state index in [-0.39, 0.29) is 0 Å². The standard InChI is InChI=1S/C19H26N4/c1-20-8-11-22-9-3-5-17(14-22)23-10-7-16-13-21-12-15-4-2-6-18(23)19(15)16/h2,4,6,12-13,17,20H,3,5,7-11,14H2,1H3. The van der Waals surface area contributed by atoms with Crippen molar-refractivity contribution in [3.05, 3.63) is 36.2 Å². The summed E-state index contributed by atoms with van der Waals surface area (Å²) < 4.78 is 0. The molecule has 1 N–H and O–H groups in total. The lowest BCUT2D eigenvalue weighted by Gasteiger charge is -2.43. The van der Waals surface area contributed by atoms with Crippen molar-refractivity contribution in [2.24, 2.45) is 0 Å². The molecular weight excluding hydrogens is 284 g/mol. The normalized spacial score (nSPS) is 21.8. The average molecular weight is 310 g/mol. The van der Waals surface area contributed by atoms with Crippen LogP contribution in [0.1, 0.15) is 18.4 Å². The molecule has 122 valence electrons. The third-order valence-corrected chi connectivity index (χ3v) is 5.37. The first-order chi connectivity index (χ1) is 11.4. The zero-order chi connectivity index (χ0) is 15.6. The van der Waals surface area contributed by atoms with E-state index < -0.39 is 0 Å². The molecule has 0 spiro atoms. The van der Waals surface area contributed by atoms with Crippen LogP contribution in [0.2, 0.25) is 0 Å². The van der Waals surface area contributed by atoms with E-state index in [0.29, 0.717) is 6.04 Å². The van der Waals surface area contributed by atoms with Gasteiger partial charge in [-0.1, -0.05) is 12.1 Å². The Labute approximate surface area is 138 Å². The van der Waals surface area contributed by atoms with Crippen LogP contribution in [0.3, 0.4) is 0 Å². The summed E-state index contributed by atoms with van der Waals surface area (Å²) in [5, 5.41) is 5.99. The van der Waals surface area contributed by atoms with Gasteiger partial charge in [0.2, 0.25) is 0 Å². The summed E-state index contributed by atoms with van der Waals surface area (Å²) in [4.78, 5) is 9.69. The number of likely N-dealkylation sites (N-methyl/N-ethyl adjacent to an activating group) is 1. The highest BCUT2D eigenvalue weighted by molar-refractivity contribution is 5.97. The number of piperidine rings is 1. The fourth-order valence-corrected chi connectivity index (χ4v) is 4.22. The number of likely N-dealkylation sites (tertiary alicyclic amines) is 1. The second kappa shape index (κ2) is 6.46. The number of hydrogen-bond acceptors (Lipinski definition) is 4. The first kappa shape index (κ1) is 14.9. The van der Waals surface area contributed by atoms with Gasteiger partial charge in [-0.15, -0.1) is 0 Å². The molecule has 2 aliphatic heterocycles. The maximum Gasteiger partial charge on any atom is 0.0452 e. The van der Waals surface area contributed by atoms with E-state index in [4.69, 9.17) is 0 Å². The minimum absolute atomic E-state index is 0.646. The van der Waals surface area contributed by atoms with Gasteiger partial charge in [-0.05, 0) is 44.5 Å². The Morgan fingerprint density at radius 2 is 2.22 bits per heavy atom. The highest BCUT2D eigenvalue weighted by Crippen LogP contribution is 2.35. The molecular formula is C19H26N4. The van der Waals surface area contributed by atoms with E-state index >= 15 is 0 Å². The summed E-state index contributed by atoms with van der Waals surface area (Å²) in [6.45, 7) is 5.81. The van der Waals surface area contributed by atoms with E-state index in [2.05, 4.69) is 44.5 Å². The molecule has 0 saturated carbocycles. The van der Waals surface area contributed by atoms with Gasteiger partial charge in [-0.3, -0.25) is 4.98 Å². The van der Waals surface area contributed by atoms with Gasteiger partial charge in [0.25, 0.3) is 0 Å². The molecule has 4 nitrogen and oxygen atoms in total. The van der Waals surface area contributed by atoms with Crippen molar-refractivity contribution >= 4 is 16.5 Å². The average Bonchev–Trinajstić information content (AvgIpc) is 2.61. The smallest absolute Gasteiger partial charge is 0.0452 e. The predicted molar refractivity (Wildman–Crippen MR) is 96.2 cm³/mol. The maximum atomic E-state index is 4.41. The largest absolute Gasteiger partial charge is 0.366 e. The molecule has 1 fully saturated rings. The SMILES string of the molecule is CNCCN1CCCC(N2CCc3cncc4cccc2c34)C1. The Morgan fingerprint density at radius 3 is 3.13 bits per heavy atom. The van der Waals surface area contributed by atoms with E-state index in [0.717, 1.165) is 26.1 Å². The van der Waals surface area contributed by atoms with Crippen LogP contribution in [0.25, 0.3) is 10.8 Å². The highest BCUT2D eigenvalue weighted by Gasteiger charge is 2.28. The molecule has 3 heterocycles. The second-order valence-electron chi connectivity index (χ2n) is 6.82. The summed E-state index contributed by atoms with van der Waals surface area (Å²) in [5.74, 6) is 0. The van der Waals surface area contributed by atoms with E-state index in [1.165, 1.54) is 48.0 Å². The zero-order valence-electron chi connectivity index (χ0n) is 14.0. The maximum absolute atomic E-state index is 4.41. The van der Waals surface area contributed by atoms with E-state index in [1.807, 2.05) is 13.2 Å². The molecule has 1 aromatic heterocycles. The van der Waals surface area contributed by atoms with Gasteiger partial charge in [-0.2, -0.15) is 0 Å². The van der Waals surface area contributed by atoms with Crippen LogP contribution in [0, 0.1) is 0 Å². The highest BCUT2D eigenvalue weighted by atomic mass is 15.2. The van der Waals surface area contributed by atoms with Crippen LogP contribution in [-0.4, -0.2) is 55.7 Å². The summed E-state index contributed by atoms with van der Waals surface area (Å²) in [6.07, 6.45) is 7.81. The molecule has 0 bridgehead atoms. The Balaban J connectivity index is 1.62. The number of anilines is 1. The van der Waals surface area contributed by atoms with Gasteiger partial charge in [0, 0.05) is 61.1 Å². The molecule has 1 saturated heterocycles. The number of rotatable bonds is 4. The van der Waals surface area contributed by atoms with Crippen LogP contribution in [0.15, 0.2) is 30.6 Å². The predicted octanol–water partition coefficient (Wildman–Crippen LogP) is 2.28. The third kappa shape index (κ3) is 2.81. The van der Waals surface area contributed by atoms with E-state index in [9.17, 15) is 0 Å². The quantitative estimate of drug-likeness (QED) is 0.939. The van der Waals surface area contributed by atoms with Gasteiger partial charge in [0.15, 0.2) is 0 Å². The van der Waals surface area contributed by atoms with Crippen molar-refractivity contribution in [1.29, 1.82) is 0 Å². The van der Waals surface area contributed by atoms with Crippen LogP contribution < -0.4 is 10.2 Å². The Bertz CT molecular complexity index is 679. The Kier molecular flexibility index (Phi) is 4.19. The molecule has 1 unspecified atom stereocenters. The lowest BCUT2D eigenvalue weighted by Crippen LogP contribution is -2.50. The Morgan fingerprint density at radius 1 is 1.26 bits per heavy atom. The van der Waals surface area contributed by atoms with Crippen LogP contribution in [0.4, 0.5) is 5.69 Å². The van der Waals surface area contributed by atoms with Crippen molar-refractivity contribution in [1.82, 2.24) is 15.2 Å². The second-order valence-corrected chi connectivity index (χ2v) is 6.82. The summed E-state index contributed by atoms with van der Waals surface area (Å²) >= 11 is 0. The first-order valence-corrected chi connectivity index (χ1v) is 8.86. The van der Waals surface area contributed by atoms with Crippen LogP contribution >= 0.6 is 0 Å². The number of hydrogen-bond donors (Lipinski definition) is 1. The Hall–Kier alpha value is -1.65. The van der Waals surface area contributed by atoms with Crippen LogP contribution in [-0.2, 0) is 6.42 Å². The molecule has 2 aromatic rings. The molecule has 0 radical (unpaired) electrons.